The minimum absolute atomic E-state index is 0.238. The lowest BCUT2D eigenvalue weighted by Crippen LogP contribution is -2.17. The highest BCUT2D eigenvalue weighted by molar-refractivity contribution is 5.82. The molecule has 0 aromatic heterocycles. The third-order valence-electron chi connectivity index (χ3n) is 3.46. The average molecular weight is 248 g/mol. The Morgan fingerprint density at radius 2 is 2.11 bits per heavy atom. The summed E-state index contributed by atoms with van der Waals surface area (Å²) in [5, 5.41) is 0. The standard InChI is InChI=1S/C15H20O3/c1-17-14-8-4-5-12(9-14)10-18-11-15(16)13-6-2-3-7-13/h4-5,8-9,13H,2-3,6-7,10-11H2,1H3. The second kappa shape index (κ2) is 6.55. The maximum atomic E-state index is 11.8. The van der Waals surface area contributed by atoms with Gasteiger partial charge in [0.1, 0.15) is 12.4 Å². The number of carbonyl (C=O) groups is 1. The maximum absolute atomic E-state index is 11.8. The Morgan fingerprint density at radius 3 is 2.83 bits per heavy atom. The molecule has 0 spiro atoms. The van der Waals surface area contributed by atoms with E-state index in [1.165, 1.54) is 12.8 Å². The number of methoxy groups -OCH3 is 1. The SMILES string of the molecule is COc1cccc(COCC(=O)C2CCCC2)c1. The van der Waals surface area contributed by atoms with E-state index in [0.717, 1.165) is 24.2 Å². The molecule has 2 rings (SSSR count). The summed E-state index contributed by atoms with van der Waals surface area (Å²) in [4.78, 5) is 11.8. The molecule has 3 nitrogen and oxygen atoms in total. The lowest BCUT2D eigenvalue weighted by Gasteiger charge is -2.09. The third-order valence-corrected chi connectivity index (χ3v) is 3.46. The molecule has 1 fully saturated rings. The predicted octanol–water partition coefficient (Wildman–Crippen LogP) is 2.97. The van der Waals surface area contributed by atoms with Gasteiger partial charge in [0.15, 0.2) is 5.78 Å². The van der Waals surface area contributed by atoms with Crippen LogP contribution < -0.4 is 4.74 Å². The van der Waals surface area contributed by atoms with Crippen LogP contribution in [-0.2, 0) is 16.1 Å². The highest BCUT2D eigenvalue weighted by Crippen LogP contribution is 2.25. The second-order valence-electron chi connectivity index (χ2n) is 4.79. The van der Waals surface area contributed by atoms with Gasteiger partial charge in [-0.05, 0) is 30.5 Å². The van der Waals surface area contributed by atoms with Gasteiger partial charge in [0, 0.05) is 5.92 Å². The Morgan fingerprint density at radius 1 is 1.33 bits per heavy atom. The molecule has 0 heterocycles. The summed E-state index contributed by atoms with van der Waals surface area (Å²) in [6.07, 6.45) is 4.46. The van der Waals surface area contributed by atoms with Crippen LogP contribution in [0.5, 0.6) is 5.75 Å². The van der Waals surface area contributed by atoms with Crippen molar-refractivity contribution in [1.29, 1.82) is 0 Å². The first kappa shape index (κ1) is 13.1. The number of benzene rings is 1. The van der Waals surface area contributed by atoms with Crippen molar-refractivity contribution in [2.24, 2.45) is 5.92 Å². The first-order valence-corrected chi connectivity index (χ1v) is 6.53. The number of ketones is 1. The van der Waals surface area contributed by atoms with E-state index in [9.17, 15) is 4.79 Å². The van der Waals surface area contributed by atoms with Crippen molar-refractivity contribution in [1.82, 2.24) is 0 Å². The fourth-order valence-corrected chi connectivity index (χ4v) is 2.40. The summed E-state index contributed by atoms with van der Waals surface area (Å²) in [6.45, 7) is 0.706. The molecular formula is C15H20O3. The monoisotopic (exact) mass is 248 g/mol. The highest BCUT2D eigenvalue weighted by Gasteiger charge is 2.22. The molecule has 98 valence electrons. The number of hydrogen-bond acceptors (Lipinski definition) is 3. The van der Waals surface area contributed by atoms with Crippen molar-refractivity contribution in [3.63, 3.8) is 0 Å². The zero-order valence-electron chi connectivity index (χ0n) is 10.9. The second-order valence-corrected chi connectivity index (χ2v) is 4.79. The number of Topliss-reactive ketones (excluding diaryl/α,β-unsaturated/α-hetero) is 1. The van der Waals surface area contributed by atoms with E-state index in [2.05, 4.69) is 0 Å². The molecule has 3 heteroatoms. The van der Waals surface area contributed by atoms with Crippen LogP contribution in [0.15, 0.2) is 24.3 Å². The van der Waals surface area contributed by atoms with Gasteiger partial charge in [-0.2, -0.15) is 0 Å². The summed E-state index contributed by atoms with van der Waals surface area (Å²) in [5.41, 5.74) is 1.04. The fourth-order valence-electron chi connectivity index (χ4n) is 2.40. The summed E-state index contributed by atoms with van der Waals surface area (Å²) in [5.74, 6) is 1.32. The van der Waals surface area contributed by atoms with Crippen LogP contribution in [0.3, 0.4) is 0 Å². The Kier molecular flexibility index (Phi) is 4.76. The van der Waals surface area contributed by atoms with Crippen molar-refractivity contribution in [2.75, 3.05) is 13.7 Å². The smallest absolute Gasteiger partial charge is 0.161 e. The average Bonchev–Trinajstić information content (AvgIpc) is 2.93. The molecule has 1 aliphatic rings. The highest BCUT2D eigenvalue weighted by atomic mass is 16.5. The molecule has 1 saturated carbocycles. The number of hydrogen-bond donors (Lipinski definition) is 0. The lowest BCUT2D eigenvalue weighted by atomic mass is 10.0. The van der Waals surface area contributed by atoms with Crippen LogP contribution in [0.25, 0.3) is 0 Å². The van der Waals surface area contributed by atoms with Crippen LogP contribution in [0.2, 0.25) is 0 Å². The topological polar surface area (TPSA) is 35.5 Å². The van der Waals surface area contributed by atoms with E-state index in [1.807, 2.05) is 24.3 Å². The van der Waals surface area contributed by atoms with Crippen molar-refractivity contribution in [2.45, 2.75) is 32.3 Å². The molecule has 1 aliphatic carbocycles. The summed E-state index contributed by atoms with van der Waals surface area (Å²) in [7, 11) is 1.64. The van der Waals surface area contributed by atoms with E-state index in [1.54, 1.807) is 7.11 Å². The fraction of sp³-hybridized carbons (Fsp3) is 0.533. The minimum Gasteiger partial charge on any atom is -0.497 e. The molecule has 0 radical (unpaired) electrons. The van der Waals surface area contributed by atoms with Gasteiger partial charge in [0.25, 0.3) is 0 Å². The van der Waals surface area contributed by atoms with E-state index in [4.69, 9.17) is 9.47 Å². The molecule has 0 unspecified atom stereocenters. The van der Waals surface area contributed by atoms with Crippen LogP contribution in [-0.4, -0.2) is 19.5 Å². The molecule has 0 saturated heterocycles. The Labute approximate surface area is 108 Å². The van der Waals surface area contributed by atoms with Gasteiger partial charge >= 0.3 is 0 Å². The van der Waals surface area contributed by atoms with Crippen LogP contribution in [0.4, 0.5) is 0 Å². The summed E-state index contributed by atoms with van der Waals surface area (Å²) in [6, 6.07) is 7.73. The quantitative estimate of drug-likeness (QED) is 0.776. The van der Waals surface area contributed by atoms with E-state index in [-0.39, 0.29) is 18.3 Å². The minimum atomic E-state index is 0.238. The molecule has 1 aromatic carbocycles. The number of carbonyl (C=O) groups excluding carboxylic acids is 1. The van der Waals surface area contributed by atoms with Crippen LogP contribution in [0.1, 0.15) is 31.2 Å². The molecule has 0 bridgehead atoms. The summed E-state index contributed by atoms with van der Waals surface area (Å²) >= 11 is 0. The van der Waals surface area contributed by atoms with Gasteiger partial charge in [0.2, 0.25) is 0 Å². The van der Waals surface area contributed by atoms with Crippen molar-refractivity contribution in [3.8, 4) is 5.75 Å². The van der Waals surface area contributed by atoms with Gasteiger partial charge in [-0.3, -0.25) is 4.79 Å². The largest absolute Gasteiger partial charge is 0.497 e. The summed E-state index contributed by atoms with van der Waals surface area (Å²) < 4.78 is 10.6. The predicted molar refractivity (Wildman–Crippen MR) is 69.6 cm³/mol. The first-order valence-electron chi connectivity index (χ1n) is 6.53. The number of ether oxygens (including phenoxy) is 2. The molecule has 18 heavy (non-hydrogen) atoms. The van der Waals surface area contributed by atoms with Gasteiger partial charge in [-0.15, -0.1) is 0 Å². The molecule has 0 atom stereocenters. The lowest BCUT2D eigenvalue weighted by molar-refractivity contribution is -0.127. The van der Waals surface area contributed by atoms with Crippen molar-refractivity contribution in [3.05, 3.63) is 29.8 Å². The van der Waals surface area contributed by atoms with E-state index < -0.39 is 0 Å². The Balaban J connectivity index is 1.75. The van der Waals surface area contributed by atoms with E-state index >= 15 is 0 Å². The third kappa shape index (κ3) is 3.57. The Bertz CT molecular complexity index is 394. The molecule has 0 aliphatic heterocycles. The van der Waals surface area contributed by atoms with Gasteiger partial charge < -0.3 is 9.47 Å². The molecule has 1 aromatic rings. The van der Waals surface area contributed by atoms with E-state index in [0.29, 0.717) is 6.61 Å². The van der Waals surface area contributed by atoms with Gasteiger partial charge in [-0.1, -0.05) is 25.0 Å². The van der Waals surface area contributed by atoms with Crippen LogP contribution >= 0.6 is 0 Å². The zero-order chi connectivity index (χ0) is 12.8. The Hall–Kier alpha value is -1.35. The molecule has 0 N–H and O–H groups in total. The number of rotatable bonds is 6. The first-order chi connectivity index (χ1) is 8.79. The normalized spacial score (nSPS) is 15.8. The van der Waals surface area contributed by atoms with Gasteiger partial charge in [-0.25, -0.2) is 0 Å². The van der Waals surface area contributed by atoms with Gasteiger partial charge in [0.05, 0.1) is 13.7 Å². The van der Waals surface area contributed by atoms with Crippen molar-refractivity contribution >= 4 is 5.78 Å². The molecular weight excluding hydrogens is 228 g/mol. The van der Waals surface area contributed by atoms with Crippen molar-refractivity contribution < 1.29 is 14.3 Å². The van der Waals surface area contributed by atoms with Crippen LogP contribution in [0, 0.1) is 5.92 Å². The zero-order valence-corrected chi connectivity index (χ0v) is 10.9. The molecule has 0 amide bonds. The maximum Gasteiger partial charge on any atom is 0.161 e.